The maximum atomic E-state index is 14.2. The van der Waals surface area contributed by atoms with Crippen molar-refractivity contribution in [3.63, 3.8) is 0 Å². The SMILES string of the molecule is CC.C[C@@H]1CCO[C@H]2Cn3cc(C4=CNC(Cc5ccc(F)cc5F)S4)c(=O)c(OCc4ccccc4)c3C(=O)N12. The Morgan fingerprint density at radius 2 is 1.90 bits per heavy atom. The number of hydrogen-bond acceptors (Lipinski definition) is 6. The monoisotopic (exact) mass is 581 g/mol. The summed E-state index contributed by atoms with van der Waals surface area (Å²) in [6.07, 6.45) is 3.99. The number of hydrogen-bond donors (Lipinski definition) is 1. The molecule has 3 aliphatic rings. The molecule has 0 radical (unpaired) electrons. The van der Waals surface area contributed by atoms with Crippen molar-refractivity contribution >= 4 is 22.6 Å². The number of amides is 1. The second kappa shape index (κ2) is 12.5. The zero-order valence-electron chi connectivity index (χ0n) is 23.2. The Balaban J connectivity index is 0.00000165. The van der Waals surface area contributed by atoms with E-state index in [0.717, 1.165) is 18.1 Å². The largest absolute Gasteiger partial charge is 0.483 e. The fraction of sp³-hybridized carbons (Fsp3) is 0.355. The van der Waals surface area contributed by atoms with Gasteiger partial charge in [-0.05, 0) is 30.5 Å². The molecule has 1 aromatic heterocycles. The summed E-state index contributed by atoms with van der Waals surface area (Å²) < 4.78 is 41.3. The molecule has 1 saturated heterocycles. The van der Waals surface area contributed by atoms with Gasteiger partial charge in [0.1, 0.15) is 18.2 Å². The minimum absolute atomic E-state index is 0.00658. The van der Waals surface area contributed by atoms with Crippen molar-refractivity contribution in [2.45, 2.75) is 64.4 Å². The van der Waals surface area contributed by atoms with Gasteiger partial charge in [0.25, 0.3) is 5.91 Å². The smallest absolute Gasteiger partial charge is 0.276 e. The van der Waals surface area contributed by atoms with E-state index in [-0.39, 0.29) is 40.8 Å². The van der Waals surface area contributed by atoms with Crippen molar-refractivity contribution in [2.24, 2.45) is 0 Å². The van der Waals surface area contributed by atoms with Crippen LogP contribution in [0.15, 0.2) is 65.7 Å². The van der Waals surface area contributed by atoms with E-state index in [1.54, 1.807) is 21.9 Å². The van der Waals surface area contributed by atoms with Gasteiger partial charge >= 0.3 is 0 Å². The summed E-state index contributed by atoms with van der Waals surface area (Å²) in [6, 6.07) is 13.0. The number of nitrogens with one attached hydrogen (secondary N) is 1. The molecule has 0 aliphatic carbocycles. The molecule has 3 aliphatic heterocycles. The Hall–Kier alpha value is -3.63. The maximum Gasteiger partial charge on any atom is 0.276 e. The zero-order valence-corrected chi connectivity index (χ0v) is 24.0. The van der Waals surface area contributed by atoms with Gasteiger partial charge in [-0.1, -0.05) is 62.0 Å². The van der Waals surface area contributed by atoms with E-state index in [4.69, 9.17) is 9.47 Å². The van der Waals surface area contributed by atoms with Crippen molar-refractivity contribution in [1.82, 2.24) is 14.8 Å². The molecule has 0 saturated carbocycles. The van der Waals surface area contributed by atoms with Crippen LogP contribution in [0, 0.1) is 11.6 Å². The number of pyridine rings is 1. The lowest BCUT2D eigenvalue weighted by Gasteiger charge is -2.44. The number of fused-ring (bicyclic) bond motifs is 2. The molecule has 3 atom stereocenters. The van der Waals surface area contributed by atoms with E-state index in [1.807, 2.05) is 51.1 Å². The van der Waals surface area contributed by atoms with Crippen LogP contribution in [0.3, 0.4) is 0 Å². The first-order valence-corrected chi connectivity index (χ1v) is 14.7. The average Bonchev–Trinajstić information content (AvgIpc) is 3.44. The topological polar surface area (TPSA) is 72.8 Å². The van der Waals surface area contributed by atoms with Gasteiger partial charge < -0.3 is 24.3 Å². The fourth-order valence-corrected chi connectivity index (χ4v) is 6.32. The second-order valence-corrected chi connectivity index (χ2v) is 11.1. The Morgan fingerprint density at radius 3 is 2.66 bits per heavy atom. The van der Waals surface area contributed by atoms with Crippen molar-refractivity contribution in [1.29, 1.82) is 0 Å². The van der Waals surface area contributed by atoms with Crippen LogP contribution in [0.2, 0.25) is 0 Å². The molecule has 1 fully saturated rings. The number of thioether (sulfide) groups is 1. The van der Waals surface area contributed by atoms with E-state index < -0.39 is 17.9 Å². The first-order valence-electron chi connectivity index (χ1n) is 13.8. The summed E-state index contributed by atoms with van der Waals surface area (Å²) in [4.78, 5) is 29.9. The van der Waals surface area contributed by atoms with Gasteiger partial charge in [0, 0.05) is 35.8 Å². The molecule has 3 aromatic rings. The standard InChI is InChI=1S/C29H27F2N3O4S.C2H6/c1-17-9-10-37-25-15-33-14-21(23-13-32-24(39-23)11-19-7-8-20(30)12-22(19)31)27(35)28(26(33)29(36)34(17)25)38-16-18-5-3-2-4-6-18;1-2/h2-8,12-14,17,24-25,32H,9-11,15-16H2,1H3;1-2H3/t17-,24?,25+;/m1./s1. The first kappa shape index (κ1) is 28.9. The summed E-state index contributed by atoms with van der Waals surface area (Å²) in [7, 11) is 0. The highest BCUT2D eigenvalue weighted by Gasteiger charge is 2.41. The van der Waals surface area contributed by atoms with E-state index in [9.17, 15) is 18.4 Å². The van der Waals surface area contributed by atoms with Crippen LogP contribution >= 0.6 is 11.8 Å². The lowest BCUT2D eigenvalue weighted by Crippen LogP contribution is -2.57. The maximum absolute atomic E-state index is 14.2. The summed E-state index contributed by atoms with van der Waals surface area (Å²) in [5, 5.41) is 2.94. The molecule has 0 bridgehead atoms. The van der Waals surface area contributed by atoms with Crippen LogP contribution in [0.1, 0.15) is 54.4 Å². The fourth-order valence-electron chi connectivity index (χ4n) is 5.20. The molecule has 0 spiro atoms. The van der Waals surface area contributed by atoms with Gasteiger partial charge in [-0.25, -0.2) is 8.78 Å². The summed E-state index contributed by atoms with van der Waals surface area (Å²) >= 11 is 1.38. The lowest BCUT2D eigenvalue weighted by molar-refractivity contribution is -0.112. The molecule has 6 rings (SSSR count). The highest BCUT2D eigenvalue weighted by Crippen LogP contribution is 2.37. The number of halogens is 2. The predicted molar refractivity (Wildman–Crippen MR) is 155 cm³/mol. The van der Waals surface area contributed by atoms with E-state index >= 15 is 0 Å². The van der Waals surface area contributed by atoms with Gasteiger partial charge in [0.15, 0.2) is 17.7 Å². The lowest BCUT2D eigenvalue weighted by atomic mass is 10.1. The zero-order chi connectivity index (χ0) is 29.1. The normalized spacial score (nSPS) is 21.2. The molecular weight excluding hydrogens is 548 g/mol. The minimum Gasteiger partial charge on any atom is -0.483 e. The van der Waals surface area contributed by atoms with Gasteiger partial charge in [-0.2, -0.15) is 0 Å². The third-order valence-electron chi connectivity index (χ3n) is 7.24. The number of ether oxygens (including phenoxy) is 2. The molecule has 1 amide bonds. The molecule has 2 aromatic carbocycles. The molecule has 41 heavy (non-hydrogen) atoms. The van der Waals surface area contributed by atoms with E-state index in [2.05, 4.69) is 5.32 Å². The Bertz CT molecular complexity index is 1510. The number of rotatable bonds is 6. The number of carbonyl (C=O) groups excluding carboxylic acids is 1. The molecule has 1 unspecified atom stereocenters. The minimum atomic E-state index is -0.628. The van der Waals surface area contributed by atoms with Gasteiger partial charge in [0.05, 0.1) is 24.1 Å². The van der Waals surface area contributed by atoms with Crippen LogP contribution in [-0.4, -0.2) is 39.6 Å². The van der Waals surface area contributed by atoms with Crippen LogP contribution in [0.25, 0.3) is 4.91 Å². The highest BCUT2D eigenvalue weighted by atomic mass is 32.2. The van der Waals surface area contributed by atoms with E-state index in [0.29, 0.717) is 35.6 Å². The van der Waals surface area contributed by atoms with Crippen molar-refractivity contribution < 1.29 is 23.0 Å². The van der Waals surface area contributed by atoms with E-state index in [1.165, 1.54) is 23.9 Å². The Kier molecular flexibility index (Phi) is 8.79. The number of carbonyl (C=O) groups is 1. The molecule has 7 nitrogen and oxygen atoms in total. The third-order valence-corrected chi connectivity index (χ3v) is 8.42. The first-order chi connectivity index (χ1) is 19.9. The molecule has 216 valence electrons. The van der Waals surface area contributed by atoms with Gasteiger partial charge in [0.2, 0.25) is 5.43 Å². The number of nitrogens with zero attached hydrogens (tertiary/aromatic N) is 2. The summed E-state index contributed by atoms with van der Waals surface area (Å²) in [5.74, 6) is -1.52. The van der Waals surface area contributed by atoms with Crippen LogP contribution in [-0.2, 0) is 24.3 Å². The molecular formula is C31H33F2N3O4S. The second-order valence-electron chi connectivity index (χ2n) is 9.87. The van der Waals surface area contributed by atoms with Crippen molar-refractivity contribution in [2.75, 3.05) is 6.61 Å². The van der Waals surface area contributed by atoms with Crippen LogP contribution < -0.4 is 15.5 Å². The van der Waals surface area contributed by atoms with Gasteiger partial charge in [-0.3, -0.25) is 9.59 Å². The number of aromatic nitrogens is 1. The van der Waals surface area contributed by atoms with Crippen molar-refractivity contribution in [3.8, 4) is 5.75 Å². The quantitative estimate of drug-likeness (QED) is 0.413. The van der Waals surface area contributed by atoms with Crippen molar-refractivity contribution in [3.05, 3.63) is 105 Å². The summed E-state index contributed by atoms with van der Waals surface area (Å²) in [6.45, 7) is 7.04. The Labute approximate surface area is 242 Å². The predicted octanol–water partition coefficient (Wildman–Crippen LogP) is 5.53. The third kappa shape index (κ3) is 5.90. The average molecular weight is 582 g/mol. The molecule has 1 N–H and O–H groups in total. The molecule has 10 heteroatoms. The van der Waals surface area contributed by atoms with Gasteiger partial charge in [-0.15, -0.1) is 0 Å². The summed E-state index contributed by atoms with van der Waals surface area (Å²) in [5.41, 5.74) is 1.46. The number of benzene rings is 2. The van der Waals surface area contributed by atoms with Crippen LogP contribution in [0.4, 0.5) is 8.78 Å². The van der Waals surface area contributed by atoms with Crippen LogP contribution in [0.5, 0.6) is 5.75 Å². The Morgan fingerprint density at radius 1 is 1.12 bits per heavy atom. The molecule has 4 heterocycles. The highest BCUT2D eigenvalue weighted by molar-refractivity contribution is 8.09.